The number of nitrogens with one attached hydrogen (secondary N) is 1. The van der Waals surface area contributed by atoms with E-state index < -0.39 is 0 Å². The highest BCUT2D eigenvalue weighted by atomic mass is 32.1. The van der Waals surface area contributed by atoms with Crippen molar-refractivity contribution in [1.29, 1.82) is 5.26 Å². The first-order valence-corrected chi connectivity index (χ1v) is 10.2. The van der Waals surface area contributed by atoms with Crippen molar-refractivity contribution in [2.45, 2.75) is 20.8 Å². The Morgan fingerprint density at radius 1 is 1.39 bits per heavy atom. The van der Waals surface area contributed by atoms with E-state index >= 15 is 0 Å². The second kappa shape index (κ2) is 10.8. The van der Waals surface area contributed by atoms with Crippen LogP contribution in [0.2, 0.25) is 0 Å². The van der Waals surface area contributed by atoms with Crippen LogP contribution in [0.3, 0.4) is 0 Å². The smallest absolute Gasteiger partial charge is 0.263 e. The molecule has 0 aliphatic carbocycles. The number of thiazole rings is 1. The summed E-state index contributed by atoms with van der Waals surface area (Å²) in [6, 6.07) is 7.61. The number of carbonyl (C=O) groups excluding carboxylic acids is 1. The van der Waals surface area contributed by atoms with Crippen molar-refractivity contribution in [3.05, 3.63) is 34.3 Å². The van der Waals surface area contributed by atoms with Crippen LogP contribution in [-0.2, 0) is 0 Å². The van der Waals surface area contributed by atoms with Gasteiger partial charge in [-0.15, -0.1) is 11.3 Å². The number of aromatic nitrogens is 1. The van der Waals surface area contributed by atoms with Crippen LogP contribution in [-0.4, -0.2) is 55.1 Å². The van der Waals surface area contributed by atoms with Gasteiger partial charge in [-0.1, -0.05) is 13.8 Å². The molecule has 1 aromatic carbocycles. The largest absolute Gasteiger partial charge is 0.491 e. The third-order valence-corrected chi connectivity index (χ3v) is 5.54. The van der Waals surface area contributed by atoms with Crippen molar-refractivity contribution in [2.75, 3.05) is 39.3 Å². The summed E-state index contributed by atoms with van der Waals surface area (Å²) in [5.74, 6) is 0.385. The molecule has 0 spiro atoms. The molecule has 0 radical (unpaired) electrons. The second-order valence-corrected chi connectivity index (χ2v) is 7.18. The molecule has 0 unspecified atom stereocenters. The van der Waals surface area contributed by atoms with E-state index in [1.807, 2.05) is 6.07 Å². The lowest BCUT2D eigenvalue weighted by molar-refractivity contribution is 0.0958. The quantitative estimate of drug-likeness (QED) is 0.633. The first-order chi connectivity index (χ1) is 13.5. The molecule has 2 rings (SSSR count). The summed E-state index contributed by atoms with van der Waals surface area (Å²) >= 11 is 1.30. The number of likely N-dealkylation sites (N-methyl/N-ethyl adjacent to an activating group) is 1. The maximum Gasteiger partial charge on any atom is 0.263 e. The molecular weight excluding hydrogens is 374 g/mol. The van der Waals surface area contributed by atoms with Gasteiger partial charge in [0.1, 0.15) is 28.3 Å². The van der Waals surface area contributed by atoms with E-state index in [1.165, 1.54) is 11.3 Å². The third-order valence-electron chi connectivity index (χ3n) is 4.34. The SMILES string of the molecule is CCN(CC)CCOc1ccc(-c2nc(C)c(C(=O)NCCN)s2)cc1C#N. The van der Waals surface area contributed by atoms with Crippen LogP contribution in [0.4, 0.5) is 0 Å². The lowest BCUT2D eigenvalue weighted by Crippen LogP contribution is -2.28. The van der Waals surface area contributed by atoms with Crippen LogP contribution < -0.4 is 15.8 Å². The Morgan fingerprint density at radius 2 is 2.14 bits per heavy atom. The van der Waals surface area contributed by atoms with Gasteiger partial charge in [0.15, 0.2) is 0 Å². The Morgan fingerprint density at radius 3 is 2.79 bits per heavy atom. The second-order valence-electron chi connectivity index (χ2n) is 6.18. The molecule has 0 aliphatic heterocycles. The van der Waals surface area contributed by atoms with E-state index in [-0.39, 0.29) is 5.91 Å². The molecule has 1 amide bonds. The number of amides is 1. The van der Waals surface area contributed by atoms with E-state index in [1.54, 1.807) is 19.1 Å². The molecule has 1 heterocycles. The topological polar surface area (TPSA) is 104 Å². The van der Waals surface area contributed by atoms with Crippen LogP contribution in [0.5, 0.6) is 5.75 Å². The van der Waals surface area contributed by atoms with Crippen LogP contribution in [0.25, 0.3) is 10.6 Å². The number of ether oxygens (including phenoxy) is 1. The zero-order chi connectivity index (χ0) is 20.5. The Hall–Kier alpha value is -2.47. The van der Waals surface area contributed by atoms with E-state index in [2.05, 4.69) is 35.1 Å². The van der Waals surface area contributed by atoms with Gasteiger partial charge >= 0.3 is 0 Å². The maximum absolute atomic E-state index is 12.2. The minimum Gasteiger partial charge on any atom is -0.491 e. The van der Waals surface area contributed by atoms with Crippen LogP contribution in [0.1, 0.15) is 34.8 Å². The molecule has 0 atom stereocenters. The monoisotopic (exact) mass is 401 g/mol. The standard InChI is InChI=1S/C20H27N5O2S/c1-4-25(5-2)10-11-27-17-7-6-15(12-16(17)13-22)20-24-14(3)18(28-20)19(26)23-9-8-21/h6-7,12H,4-5,8-11,21H2,1-3H3,(H,23,26). The lowest BCUT2D eigenvalue weighted by Gasteiger charge is -2.18. The van der Waals surface area contributed by atoms with Gasteiger partial charge < -0.3 is 20.7 Å². The van der Waals surface area contributed by atoms with Gasteiger partial charge in [-0.25, -0.2) is 4.98 Å². The average molecular weight is 402 g/mol. The molecule has 0 saturated heterocycles. The Kier molecular flexibility index (Phi) is 8.39. The molecule has 0 fully saturated rings. The fourth-order valence-electron chi connectivity index (χ4n) is 2.70. The highest BCUT2D eigenvalue weighted by Crippen LogP contribution is 2.31. The number of rotatable bonds is 10. The Balaban J connectivity index is 2.15. The summed E-state index contributed by atoms with van der Waals surface area (Å²) in [4.78, 5) is 19.5. The summed E-state index contributed by atoms with van der Waals surface area (Å²) in [6.45, 7) is 10.1. The summed E-state index contributed by atoms with van der Waals surface area (Å²) in [7, 11) is 0. The van der Waals surface area contributed by atoms with Gasteiger partial charge in [-0.3, -0.25) is 4.79 Å². The van der Waals surface area contributed by atoms with Crippen LogP contribution >= 0.6 is 11.3 Å². The maximum atomic E-state index is 12.2. The molecule has 7 nitrogen and oxygen atoms in total. The molecule has 0 bridgehead atoms. The minimum absolute atomic E-state index is 0.177. The lowest BCUT2D eigenvalue weighted by atomic mass is 10.1. The molecule has 1 aromatic heterocycles. The number of nitriles is 1. The zero-order valence-electron chi connectivity index (χ0n) is 16.6. The number of nitrogens with two attached hydrogens (primary N) is 1. The third kappa shape index (κ3) is 5.52. The van der Waals surface area contributed by atoms with E-state index in [0.29, 0.717) is 46.6 Å². The number of nitrogens with zero attached hydrogens (tertiary/aromatic N) is 3. The molecule has 0 aliphatic rings. The van der Waals surface area contributed by atoms with Crippen molar-refractivity contribution < 1.29 is 9.53 Å². The number of benzene rings is 1. The van der Waals surface area contributed by atoms with Crippen LogP contribution in [0, 0.1) is 18.3 Å². The normalized spacial score (nSPS) is 10.7. The van der Waals surface area contributed by atoms with Gasteiger partial charge in [0, 0.05) is 25.2 Å². The van der Waals surface area contributed by atoms with Crippen LogP contribution in [0.15, 0.2) is 18.2 Å². The highest BCUT2D eigenvalue weighted by Gasteiger charge is 2.17. The average Bonchev–Trinajstić information content (AvgIpc) is 3.11. The number of carbonyl (C=O) groups is 1. The van der Waals surface area contributed by atoms with E-state index in [9.17, 15) is 10.1 Å². The number of hydrogen-bond donors (Lipinski definition) is 2. The highest BCUT2D eigenvalue weighted by molar-refractivity contribution is 7.17. The summed E-state index contributed by atoms with van der Waals surface area (Å²) in [6.07, 6.45) is 0. The van der Waals surface area contributed by atoms with Crippen molar-refractivity contribution >= 4 is 17.2 Å². The van der Waals surface area contributed by atoms with Gasteiger partial charge in [0.05, 0.1) is 11.3 Å². The molecule has 150 valence electrons. The van der Waals surface area contributed by atoms with Gasteiger partial charge in [0.25, 0.3) is 5.91 Å². The van der Waals surface area contributed by atoms with Crippen molar-refractivity contribution in [2.24, 2.45) is 5.73 Å². The fourth-order valence-corrected chi connectivity index (χ4v) is 3.68. The summed E-state index contributed by atoms with van der Waals surface area (Å²) < 4.78 is 5.81. The molecule has 8 heteroatoms. The van der Waals surface area contributed by atoms with E-state index in [0.717, 1.165) is 25.2 Å². The summed E-state index contributed by atoms with van der Waals surface area (Å²) in [5, 5.41) is 13.0. The minimum atomic E-state index is -0.177. The Labute approximate surface area is 170 Å². The number of hydrogen-bond acceptors (Lipinski definition) is 7. The first-order valence-electron chi connectivity index (χ1n) is 9.39. The van der Waals surface area contributed by atoms with Gasteiger partial charge in [-0.05, 0) is 38.2 Å². The predicted molar refractivity (Wildman–Crippen MR) is 112 cm³/mol. The molecule has 28 heavy (non-hydrogen) atoms. The molecule has 0 saturated carbocycles. The van der Waals surface area contributed by atoms with Crippen molar-refractivity contribution in [3.63, 3.8) is 0 Å². The summed E-state index contributed by atoms with van der Waals surface area (Å²) in [5.41, 5.74) is 7.34. The number of aryl methyl sites for hydroxylation is 1. The van der Waals surface area contributed by atoms with E-state index in [4.69, 9.17) is 10.5 Å². The predicted octanol–water partition coefficient (Wildman–Crippen LogP) is 2.40. The molecule has 2 aromatic rings. The van der Waals surface area contributed by atoms with Crippen molar-refractivity contribution in [1.82, 2.24) is 15.2 Å². The Bertz CT molecular complexity index is 840. The molecular formula is C20H27N5O2S. The fraction of sp³-hybridized carbons (Fsp3) is 0.450. The van der Waals surface area contributed by atoms with Crippen molar-refractivity contribution in [3.8, 4) is 22.4 Å². The first kappa shape index (κ1) is 21.8. The zero-order valence-corrected chi connectivity index (χ0v) is 17.4. The van der Waals surface area contributed by atoms with Gasteiger partial charge in [0.2, 0.25) is 0 Å². The van der Waals surface area contributed by atoms with Gasteiger partial charge in [-0.2, -0.15) is 5.26 Å². The molecule has 3 N–H and O–H groups in total.